The fourth-order valence-electron chi connectivity index (χ4n) is 2.28. The summed E-state index contributed by atoms with van der Waals surface area (Å²) in [5.74, 6) is -7.52. The van der Waals surface area contributed by atoms with E-state index in [4.69, 9.17) is 27.9 Å². The molecule has 0 heterocycles. The van der Waals surface area contributed by atoms with Gasteiger partial charge < -0.3 is 15.4 Å². The molecule has 0 saturated carbocycles. The van der Waals surface area contributed by atoms with Crippen molar-refractivity contribution in [1.82, 2.24) is 10.6 Å². The zero-order valence-electron chi connectivity index (χ0n) is 14.5. The number of benzene rings is 2. The maximum atomic E-state index is 13.7. The highest BCUT2D eigenvalue weighted by Crippen LogP contribution is 2.14. The Morgan fingerprint density at radius 2 is 1.07 bits per heavy atom. The van der Waals surface area contributed by atoms with Gasteiger partial charge in [0, 0.05) is 0 Å². The Morgan fingerprint density at radius 1 is 0.759 bits per heavy atom. The second kappa shape index (κ2) is 10.4. The molecule has 0 saturated heterocycles. The summed E-state index contributed by atoms with van der Waals surface area (Å²) >= 11 is 11.4. The van der Waals surface area contributed by atoms with Gasteiger partial charge in [0.2, 0.25) is 0 Å². The molecule has 0 radical (unpaired) electrons. The van der Waals surface area contributed by atoms with Gasteiger partial charge in [0.1, 0.15) is 46.9 Å². The number of nitrogens with one attached hydrogen (secondary N) is 2. The van der Waals surface area contributed by atoms with E-state index in [9.17, 15) is 27.2 Å². The van der Waals surface area contributed by atoms with E-state index < -0.39 is 58.7 Å². The largest absolute Gasteiger partial charge is 0.333 e. The first-order chi connectivity index (χ1) is 13.8. The third-order valence-electron chi connectivity index (χ3n) is 3.57. The van der Waals surface area contributed by atoms with Gasteiger partial charge in [0.15, 0.2) is 0 Å². The Hall–Kier alpha value is -2.36. The lowest BCUT2D eigenvalue weighted by atomic mass is 10.2. The normalized spacial score (nSPS) is 12.9. The smallest absolute Gasteiger partial charge is 0.259 e. The van der Waals surface area contributed by atoms with Crippen LogP contribution in [-0.2, 0) is 4.74 Å². The molecule has 5 nitrogen and oxygen atoms in total. The zero-order chi connectivity index (χ0) is 21.6. The summed E-state index contributed by atoms with van der Waals surface area (Å²) in [5, 5.41) is 4.27. The number of amides is 2. The predicted molar refractivity (Wildman–Crippen MR) is 97.7 cm³/mol. The monoisotopic (exact) mass is 452 g/mol. The van der Waals surface area contributed by atoms with Crippen LogP contribution in [0.5, 0.6) is 0 Å². The Labute approximate surface area is 172 Å². The van der Waals surface area contributed by atoms with E-state index >= 15 is 0 Å². The Morgan fingerprint density at radius 3 is 1.34 bits per heavy atom. The van der Waals surface area contributed by atoms with Crippen molar-refractivity contribution in [3.8, 4) is 0 Å². The van der Waals surface area contributed by atoms with Gasteiger partial charge in [0.25, 0.3) is 11.8 Å². The van der Waals surface area contributed by atoms with E-state index in [1.165, 1.54) is 0 Å². The van der Waals surface area contributed by atoms with Gasteiger partial charge in [0.05, 0.1) is 11.8 Å². The van der Waals surface area contributed by atoms with Crippen LogP contribution >= 0.6 is 23.2 Å². The highest BCUT2D eigenvalue weighted by atomic mass is 35.5. The number of carbonyl (C=O) groups excluding carboxylic acids is 2. The van der Waals surface area contributed by atoms with E-state index in [0.717, 1.165) is 36.4 Å². The van der Waals surface area contributed by atoms with Crippen LogP contribution in [0.1, 0.15) is 20.7 Å². The molecule has 0 aliphatic carbocycles. The van der Waals surface area contributed by atoms with E-state index in [2.05, 4.69) is 10.6 Å². The van der Waals surface area contributed by atoms with Gasteiger partial charge in [-0.1, -0.05) is 12.1 Å². The number of carbonyl (C=O) groups is 2. The van der Waals surface area contributed by atoms with Crippen molar-refractivity contribution in [3.63, 3.8) is 0 Å². The summed E-state index contributed by atoms with van der Waals surface area (Å²) in [6, 6.07) is 5.72. The molecule has 156 valence electrons. The molecule has 0 aromatic heterocycles. The lowest BCUT2D eigenvalue weighted by molar-refractivity contribution is -0.0171. The standard InChI is InChI=1S/C18H14Cl2F4N2O3/c19-7-13(25-17(27)15-9(21)3-1-4-10(15)22)29-14(8-20)26-18(28)16-11(23)5-2-6-12(16)24/h1-6,13-14H,7-8H2,(H,25,27)(H,26,28). The number of alkyl halides is 2. The van der Waals surface area contributed by atoms with Gasteiger partial charge in [-0.3, -0.25) is 9.59 Å². The molecule has 2 unspecified atom stereocenters. The molecule has 2 aromatic rings. The summed E-state index contributed by atoms with van der Waals surface area (Å²) in [6.45, 7) is 0. The van der Waals surface area contributed by atoms with Crippen molar-refractivity contribution in [3.05, 3.63) is 70.8 Å². The Bertz CT molecular complexity index is 789. The van der Waals surface area contributed by atoms with Crippen LogP contribution < -0.4 is 10.6 Å². The van der Waals surface area contributed by atoms with Gasteiger partial charge >= 0.3 is 0 Å². The number of ether oxygens (including phenoxy) is 1. The summed E-state index contributed by atoms with van der Waals surface area (Å²) in [5.41, 5.74) is -1.71. The van der Waals surface area contributed by atoms with Crippen molar-refractivity contribution < 1.29 is 31.9 Å². The molecule has 2 amide bonds. The van der Waals surface area contributed by atoms with E-state index in [1.54, 1.807) is 0 Å². The maximum Gasteiger partial charge on any atom is 0.259 e. The van der Waals surface area contributed by atoms with Crippen molar-refractivity contribution in [2.45, 2.75) is 12.5 Å². The maximum absolute atomic E-state index is 13.7. The highest BCUT2D eigenvalue weighted by Gasteiger charge is 2.25. The molecule has 0 fully saturated rings. The van der Waals surface area contributed by atoms with Gasteiger partial charge in [-0.05, 0) is 24.3 Å². The second-order valence-corrected chi connectivity index (χ2v) is 6.18. The minimum atomic E-state index is -1.34. The number of rotatable bonds is 8. The molecule has 0 aliphatic heterocycles. The highest BCUT2D eigenvalue weighted by molar-refractivity contribution is 6.18. The predicted octanol–water partition coefficient (Wildman–Crippen LogP) is 3.55. The van der Waals surface area contributed by atoms with Gasteiger partial charge in [-0.25, -0.2) is 17.6 Å². The Kier molecular flexibility index (Phi) is 8.24. The quantitative estimate of drug-likeness (QED) is 0.365. The Balaban J connectivity index is 2.08. The minimum Gasteiger partial charge on any atom is -0.333 e. The first kappa shape index (κ1) is 22.9. The fourth-order valence-corrected chi connectivity index (χ4v) is 2.58. The molecule has 0 aliphatic rings. The molecular formula is C18H14Cl2F4N2O3. The van der Waals surface area contributed by atoms with Crippen LogP contribution in [-0.4, -0.2) is 36.0 Å². The SMILES string of the molecule is O=C(NC(CCl)OC(CCl)NC(=O)c1c(F)cccc1F)c1c(F)cccc1F. The van der Waals surface area contributed by atoms with Crippen molar-refractivity contribution >= 4 is 35.0 Å². The van der Waals surface area contributed by atoms with E-state index in [-0.39, 0.29) is 11.8 Å². The first-order valence-electron chi connectivity index (χ1n) is 8.05. The molecule has 2 rings (SSSR count). The molecular weight excluding hydrogens is 439 g/mol. The minimum absolute atomic E-state index is 0.390. The second-order valence-electron chi connectivity index (χ2n) is 5.56. The molecule has 2 N–H and O–H groups in total. The molecule has 0 spiro atoms. The lowest BCUT2D eigenvalue weighted by Crippen LogP contribution is -2.47. The van der Waals surface area contributed by atoms with Crippen molar-refractivity contribution in [2.75, 3.05) is 11.8 Å². The molecule has 11 heteroatoms. The summed E-state index contributed by atoms with van der Waals surface area (Å²) in [6.07, 6.45) is -2.67. The van der Waals surface area contributed by atoms with Crippen LogP contribution in [0.4, 0.5) is 17.6 Å². The molecule has 2 atom stereocenters. The number of hydrogen-bond donors (Lipinski definition) is 2. The van der Waals surface area contributed by atoms with Gasteiger partial charge in [-0.15, -0.1) is 23.2 Å². The molecule has 0 bridgehead atoms. The van der Waals surface area contributed by atoms with Crippen LogP contribution in [0, 0.1) is 23.3 Å². The summed E-state index contributed by atoms with van der Waals surface area (Å²) < 4.78 is 60.1. The average Bonchev–Trinajstić information content (AvgIpc) is 2.66. The van der Waals surface area contributed by atoms with E-state index in [1.807, 2.05) is 0 Å². The molecule has 2 aromatic carbocycles. The van der Waals surface area contributed by atoms with Crippen LogP contribution in [0.15, 0.2) is 36.4 Å². The number of hydrogen-bond acceptors (Lipinski definition) is 3. The lowest BCUT2D eigenvalue weighted by Gasteiger charge is -2.24. The topological polar surface area (TPSA) is 67.4 Å². The summed E-state index contributed by atoms with van der Waals surface area (Å²) in [7, 11) is 0. The third-order valence-corrected chi connectivity index (χ3v) is 4.13. The third kappa shape index (κ3) is 5.81. The zero-order valence-corrected chi connectivity index (χ0v) is 16.0. The van der Waals surface area contributed by atoms with Crippen LogP contribution in [0.2, 0.25) is 0 Å². The van der Waals surface area contributed by atoms with Gasteiger partial charge in [-0.2, -0.15) is 0 Å². The molecule has 29 heavy (non-hydrogen) atoms. The number of halogens is 6. The summed E-state index contributed by atoms with van der Waals surface area (Å²) in [4.78, 5) is 24.2. The van der Waals surface area contributed by atoms with Crippen molar-refractivity contribution in [2.24, 2.45) is 0 Å². The first-order valence-corrected chi connectivity index (χ1v) is 9.12. The van der Waals surface area contributed by atoms with Crippen LogP contribution in [0.25, 0.3) is 0 Å². The fraction of sp³-hybridized carbons (Fsp3) is 0.222. The van der Waals surface area contributed by atoms with E-state index in [0.29, 0.717) is 0 Å². The average molecular weight is 453 g/mol. The van der Waals surface area contributed by atoms with Crippen molar-refractivity contribution in [1.29, 1.82) is 0 Å². The van der Waals surface area contributed by atoms with Crippen LogP contribution in [0.3, 0.4) is 0 Å².